The minimum Gasteiger partial charge on any atom is -0.473 e. The predicted octanol–water partition coefficient (Wildman–Crippen LogP) is 4.26. The Morgan fingerprint density at radius 2 is 1.87 bits per heavy atom. The Balaban J connectivity index is 1.52. The second-order valence-corrected chi connectivity index (χ2v) is 7.37. The molecule has 0 saturated heterocycles. The number of anilines is 1. The molecule has 0 saturated carbocycles. The van der Waals surface area contributed by atoms with Crippen LogP contribution in [-0.4, -0.2) is 22.6 Å². The van der Waals surface area contributed by atoms with Gasteiger partial charge in [0.25, 0.3) is 0 Å². The van der Waals surface area contributed by atoms with Crippen LogP contribution in [0.1, 0.15) is 18.9 Å². The van der Waals surface area contributed by atoms with Crippen molar-refractivity contribution in [2.75, 3.05) is 11.9 Å². The molecule has 2 heterocycles. The van der Waals surface area contributed by atoms with E-state index in [1.807, 2.05) is 18.9 Å². The average molecular weight is 431 g/mol. The second kappa shape index (κ2) is 8.33. The smallest absolute Gasteiger partial charge is 0.352 e. The minimum atomic E-state index is -0.963. The third-order valence-electron chi connectivity index (χ3n) is 5.22. The second-order valence-electron chi connectivity index (χ2n) is 7.37. The molecule has 1 unspecified atom stereocenters. The summed E-state index contributed by atoms with van der Waals surface area (Å²) in [7, 11) is 1.88. The number of rotatable bonds is 5. The van der Waals surface area contributed by atoms with E-state index in [-0.39, 0.29) is 29.8 Å². The van der Waals surface area contributed by atoms with E-state index in [9.17, 15) is 18.0 Å². The zero-order valence-corrected chi connectivity index (χ0v) is 16.9. The molecule has 0 N–H and O–H groups in total. The van der Waals surface area contributed by atoms with Crippen LogP contribution in [0.15, 0.2) is 47.3 Å². The van der Waals surface area contributed by atoms with Crippen LogP contribution in [0.2, 0.25) is 0 Å². The van der Waals surface area contributed by atoms with Crippen LogP contribution in [0.3, 0.4) is 0 Å². The summed E-state index contributed by atoms with van der Waals surface area (Å²) in [5.74, 6) is -2.45. The highest BCUT2D eigenvalue weighted by Gasteiger charge is 2.22. The molecule has 31 heavy (non-hydrogen) atoms. The maximum absolute atomic E-state index is 14.4. The van der Waals surface area contributed by atoms with Crippen molar-refractivity contribution in [1.82, 2.24) is 9.55 Å². The third kappa shape index (κ3) is 4.35. The first-order chi connectivity index (χ1) is 14.8. The Hall–Kier alpha value is -3.49. The molecule has 0 aliphatic carbocycles. The highest BCUT2D eigenvalue weighted by molar-refractivity contribution is 5.44. The topological polar surface area (TPSA) is 56.6 Å². The first-order valence-electron chi connectivity index (χ1n) is 9.70. The number of hydrogen-bond donors (Lipinski definition) is 0. The van der Waals surface area contributed by atoms with Crippen LogP contribution < -0.4 is 20.1 Å². The van der Waals surface area contributed by atoms with E-state index in [4.69, 9.17) is 9.47 Å². The quantitative estimate of drug-likeness (QED) is 0.604. The number of fused-ring (bicyclic) bond motifs is 1. The zero-order chi connectivity index (χ0) is 22.1. The molecule has 9 heteroatoms. The Morgan fingerprint density at radius 1 is 1.13 bits per heavy atom. The number of nitrogens with zero attached hydrogens (tertiary/aromatic N) is 3. The molecule has 0 radical (unpaired) electrons. The molecule has 162 valence electrons. The molecule has 6 nitrogen and oxygen atoms in total. The fourth-order valence-corrected chi connectivity index (χ4v) is 3.38. The molecular weight excluding hydrogens is 411 g/mol. The van der Waals surface area contributed by atoms with E-state index in [1.165, 1.54) is 18.2 Å². The van der Waals surface area contributed by atoms with Gasteiger partial charge in [-0.05, 0) is 43.2 Å². The summed E-state index contributed by atoms with van der Waals surface area (Å²) in [6.45, 7) is 2.41. The summed E-state index contributed by atoms with van der Waals surface area (Å²) in [5, 5.41) is 0. The molecule has 1 atom stereocenters. The normalized spacial score (nSPS) is 15.5. The van der Waals surface area contributed by atoms with Crippen LogP contribution in [0.25, 0.3) is 0 Å². The van der Waals surface area contributed by atoms with Gasteiger partial charge in [0, 0.05) is 31.8 Å². The highest BCUT2D eigenvalue weighted by atomic mass is 19.1. The fraction of sp³-hybridized carbons (Fsp3) is 0.273. The van der Waals surface area contributed by atoms with Gasteiger partial charge >= 0.3 is 5.69 Å². The molecule has 0 amide bonds. The van der Waals surface area contributed by atoms with Crippen molar-refractivity contribution in [1.29, 1.82) is 0 Å². The first kappa shape index (κ1) is 20.8. The van der Waals surface area contributed by atoms with Crippen molar-refractivity contribution < 1.29 is 22.6 Å². The van der Waals surface area contributed by atoms with Gasteiger partial charge in [-0.25, -0.2) is 18.0 Å². The maximum atomic E-state index is 14.4. The lowest BCUT2D eigenvalue weighted by atomic mass is 10.1. The van der Waals surface area contributed by atoms with Gasteiger partial charge in [-0.1, -0.05) is 6.07 Å². The van der Waals surface area contributed by atoms with Crippen LogP contribution in [0.5, 0.6) is 17.4 Å². The molecule has 1 aromatic heterocycles. The lowest BCUT2D eigenvalue weighted by Gasteiger charge is -2.34. The molecule has 0 spiro atoms. The molecule has 3 aromatic rings. The molecule has 1 aliphatic heterocycles. The molecule has 4 rings (SSSR count). The van der Waals surface area contributed by atoms with Gasteiger partial charge in [0.05, 0.1) is 0 Å². The molecule has 2 aromatic carbocycles. The average Bonchev–Trinajstić information content (AvgIpc) is 2.72. The van der Waals surface area contributed by atoms with Gasteiger partial charge in [-0.3, -0.25) is 4.57 Å². The number of ether oxygens (including phenoxy) is 2. The summed E-state index contributed by atoms with van der Waals surface area (Å²) in [4.78, 5) is 18.1. The van der Waals surface area contributed by atoms with E-state index in [0.29, 0.717) is 12.4 Å². The number of hydrogen-bond acceptors (Lipinski definition) is 5. The van der Waals surface area contributed by atoms with Gasteiger partial charge in [0.1, 0.15) is 24.0 Å². The van der Waals surface area contributed by atoms with E-state index in [1.54, 1.807) is 10.6 Å². The highest BCUT2D eigenvalue weighted by Crippen LogP contribution is 2.30. The van der Waals surface area contributed by atoms with Crippen molar-refractivity contribution in [2.45, 2.75) is 32.5 Å². The molecule has 1 aliphatic rings. The summed E-state index contributed by atoms with van der Waals surface area (Å²) in [5.41, 5.74) is -0.259. The summed E-state index contributed by atoms with van der Waals surface area (Å²) < 4.78 is 54.3. The van der Waals surface area contributed by atoms with Gasteiger partial charge in [0.2, 0.25) is 5.88 Å². The largest absolute Gasteiger partial charge is 0.473 e. The third-order valence-corrected chi connectivity index (χ3v) is 5.22. The Morgan fingerprint density at radius 3 is 2.58 bits per heavy atom. The number of halogens is 3. The van der Waals surface area contributed by atoms with Crippen molar-refractivity contribution >= 4 is 5.82 Å². The molecule has 0 fully saturated rings. The fourth-order valence-electron chi connectivity index (χ4n) is 3.38. The molecular formula is C22H20F3N3O3. The Kier molecular flexibility index (Phi) is 5.58. The van der Waals surface area contributed by atoms with Gasteiger partial charge in [-0.2, -0.15) is 4.98 Å². The van der Waals surface area contributed by atoms with Crippen molar-refractivity contribution in [3.63, 3.8) is 0 Å². The van der Waals surface area contributed by atoms with E-state index in [0.717, 1.165) is 24.6 Å². The predicted molar refractivity (Wildman–Crippen MR) is 108 cm³/mol. The van der Waals surface area contributed by atoms with Crippen molar-refractivity contribution in [2.24, 2.45) is 0 Å². The van der Waals surface area contributed by atoms with Crippen LogP contribution in [0.4, 0.5) is 19.0 Å². The van der Waals surface area contributed by atoms with E-state index >= 15 is 0 Å². The van der Waals surface area contributed by atoms with Crippen LogP contribution in [0, 0.1) is 17.5 Å². The lowest BCUT2D eigenvalue weighted by Crippen LogP contribution is -2.41. The Bertz CT molecular complexity index is 1160. The zero-order valence-electron chi connectivity index (χ0n) is 16.9. The van der Waals surface area contributed by atoms with E-state index < -0.39 is 28.9 Å². The monoisotopic (exact) mass is 431 g/mol. The van der Waals surface area contributed by atoms with Crippen LogP contribution >= 0.6 is 0 Å². The van der Waals surface area contributed by atoms with E-state index in [2.05, 4.69) is 4.98 Å². The van der Waals surface area contributed by atoms with Gasteiger partial charge in [0.15, 0.2) is 17.4 Å². The van der Waals surface area contributed by atoms with Gasteiger partial charge in [-0.15, -0.1) is 0 Å². The Labute approximate surface area is 176 Å². The standard InChI is InChI=1S/C22H20F3N3O3/c1-13-6-7-28-20(27(13)2)11-19(26-22(28)29)30-12-14-8-17(24)21(18(25)9-14)31-16-5-3-4-15(23)10-16/h3-5,8-11,13H,6-7,12H2,1-2H3. The minimum absolute atomic E-state index is 0.0288. The van der Waals surface area contributed by atoms with Crippen molar-refractivity contribution in [3.05, 3.63) is 76.0 Å². The lowest BCUT2D eigenvalue weighted by molar-refractivity contribution is 0.287. The van der Waals surface area contributed by atoms with Crippen molar-refractivity contribution in [3.8, 4) is 17.4 Å². The summed E-state index contributed by atoms with van der Waals surface area (Å²) in [6.07, 6.45) is 0.827. The summed E-state index contributed by atoms with van der Waals surface area (Å²) >= 11 is 0. The first-order valence-corrected chi connectivity index (χ1v) is 9.70. The summed E-state index contributed by atoms with van der Waals surface area (Å²) in [6, 6.07) is 8.96. The maximum Gasteiger partial charge on any atom is 0.352 e. The number of benzene rings is 2. The molecule has 0 bridgehead atoms. The van der Waals surface area contributed by atoms with Gasteiger partial charge < -0.3 is 14.4 Å². The SMILES string of the molecule is CC1CCn2c(cc(OCc3cc(F)c(Oc4cccc(F)c4)c(F)c3)nc2=O)N1C. The van der Waals surface area contributed by atoms with Crippen LogP contribution in [-0.2, 0) is 13.2 Å². The number of aromatic nitrogens is 2.